The van der Waals surface area contributed by atoms with E-state index in [1.54, 1.807) is 0 Å². The van der Waals surface area contributed by atoms with Crippen molar-refractivity contribution < 1.29 is 19.4 Å². The summed E-state index contributed by atoms with van der Waals surface area (Å²) in [6, 6.07) is 22.7. The molecule has 154 valence electrons. The number of aromatic carboxylic acids is 1. The van der Waals surface area contributed by atoms with Gasteiger partial charge in [-0.1, -0.05) is 60.7 Å². The maximum absolute atomic E-state index is 13.4. The molecule has 0 saturated carbocycles. The molecule has 0 unspecified atom stereocenters. The fourth-order valence-corrected chi connectivity index (χ4v) is 3.70. The van der Waals surface area contributed by atoms with Crippen LogP contribution in [0.15, 0.2) is 83.7 Å². The van der Waals surface area contributed by atoms with Crippen LogP contribution in [0, 0.1) is 0 Å². The molecule has 1 N–H and O–H groups in total. The first-order valence-electron chi connectivity index (χ1n) is 9.62. The predicted octanol–water partition coefficient (Wildman–Crippen LogP) is 4.20. The smallest absolute Gasteiger partial charge is 0.355 e. The Morgan fingerprint density at radius 1 is 0.903 bits per heavy atom. The number of carbonyl (C=O) groups excluding carboxylic acids is 1. The third-order valence-electron chi connectivity index (χ3n) is 5.14. The van der Waals surface area contributed by atoms with Gasteiger partial charge in [0.1, 0.15) is 5.69 Å². The first-order chi connectivity index (χ1) is 15.0. The quantitative estimate of drug-likeness (QED) is 0.496. The van der Waals surface area contributed by atoms with Gasteiger partial charge in [-0.3, -0.25) is 9.36 Å². The van der Waals surface area contributed by atoms with E-state index in [2.05, 4.69) is 0 Å². The van der Waals surface area contributed by atoms with E-state index in [0.717, 1.165) is 5.56 Å². The van der Waals surface area contributed by atoms with Gasteiger partial charge in [0, 0.05) is 10.9 Å². The maximum atomic E-state index is 13.4. The Labute approximate surface area is 178 Å². The number of carbonyl (C=O) groups is 2. The minimum atomic E-state index is -1.12. The molecule has 0 aliphatic rings. The molecule has 0 aliphatic heterocycles. The number of rotatable bonds is 5. The van der Waals surface area contributed by atoms with E-state index < -0.39 is 17.5 Å². The fourth-order valence-electron chi connectivity index (χ4n) is 3.70. The van der Waals surface area contributed by atoms with Crippen LogP contribution in [0.2, 0.25) is 0 Å². The molecule has 0 aliphatic carbocycles. The second-order valence-corrected chi connectivity index (χ2v) is 7.02. The number of aromatic nitrogens is 1. The van der Waals surface area contributed by atoms with E-state index in [1.165, 1.54) is 29.9 Å². The Hall–Kier alpha value is -4.19. The van der Waals surface area contributed by atoms with Gasteiger partial charge >= 0.3 is 11.9 Å². The summed E-state index contributed by atoms with van der Waals surface area (Å²) in [5.41, 5.74) is 1.70. The van der Waals surface area contributed by atoms with Gasteiger partial charge in [-0.25, -0.2) is 9.59 Å². The van der Waals surface area contributed by atoms with Gasteiger partial charge in [0.15, 0.2) is 0 Å². The van der Waals surface area contributed by atoms with E-state index in [-0.39, 0.29) is 17.8 Å². The number of hydrogen-bond acceptors (Lipinski definition) is 4. The van der Waals surface area contributed by atoms with Gasteiger partial charge < -0.3 is 9.84 Å². The van der Waals surface area contributed by atoms with Gasteiger partial charge in [0.2, 0.25) is 0 Å². The molecular formula is C25H19NO5. The number of fused-ring (bicyclic) bond motifs is 1. The Morgan fingerprint density at radius 3 is 2.16 bits per heavy atom. The molecule has 4 rings (SSSR count). The zero-order chi connectivity index (χ0) is 22.0. The van der Waals surface area contributed by atoms with Crippen LogP contribution in [0.4, 0.5) is 0 Å². The van der Waals surface area contributed by atoms with Crippen LogP contribution < -0.4 is 5.56 Å². The largest absolute Gasteiger partial charge is 0.478 e. The summed E-state index contributed by atoms with van der Waals surface area (Å²) in [5, 5.41) is 10.2. The third-order valence-corrected chi connectivity index (χ3v) is 5.14. The molecule has 0 radical (unpaired) electrons. The van der Waals surface area contributed by atoms with E-state index in [4.69, 9.17) is 4.74 Å². The van der Waals surface area contributed by atoms with Crippen molar-refractivity contribution in [2.24, 2.45) is 0 Å². The van der Waals surface area contributed by atoms with Gasteiger partial charge in [0.25, 0.3) is 5.56 Å². The van der Waals surface area contributed by atoms with Gasteiger partial charge in [-0.05, 0) is 34.7 Å². The summed E-state index contributed by atoms with van der Waals surface area (Å²) in [7, 11) is 1.26. The molecule has 1 aromatic heterocycles. The Bertz CT molecular complexity index is 1340. The van der Waals surface area contributed by atoms with Crippen LogP contribution in [-0.4, -0.2) is 28.7 Å². The second-order valence-electron chi connectivity index (χ2n) is 7.02. The number of carboxylic acids is 1. The van der Waals surface area contributed by atoms with Crippen molar-refractivity contribution in [3.05, 3.63) is 106 Å². The molecule has 6 heteroatoms. The molecule has 0 spiro atoms. The minimum absolute atomic E-state index is 0.0284. The molecule has 3 aromatic carbocycles. The summed E-state index contributed by atoms with van der Waals surface area (Å²) in [5.74, 6) is -1.79. The zero-order valence-corrected chi connectivity index (χ0v) is 16.7. The van der Waals surface area contributed by atoms with E-state index in [9.17, 15) is 19.5 Å². The molecule has 0 bridgehead atoms. The number of methoxy groups -OCH3 is 1. The van der Waals surface area contributed by atoms with Crippen LogP contribution in [0.5, 0.6) is 0 Å². The second kappa shape index (κ2) is 8.28. The number of ether oxygens (including phenoxy) is 1. The first kappa shape index (κ1) is 20.1. The average molecular weight is 413 g/mol. The normalized spacial score (nSPS) is 10.7. The molecule has 0 amide bonds. The lowest BCUT2D eigenvalue weighted by Crippen LogP contribution is -2.28. The topological polar surface area (TPSA) is 85.6 Å². The highest BCUT2D eigenvalue weighted by molar-refractivity contribution is 6.08. The Kier molecular flexibility index (Phi) is 5.37. The number of benzene rings is 3. The molecule has 0 atom stereocenters. The third kappa shape index (κ3) is 3.71. The lowest BCUT2D eigenvalue weighted by atomic mass is 9.95. The van der Waals surface area contributed by atoms with Crippen LogP contribution in [0.1, 0.15) is 26.4 Å². The number of hydrogen-bond donors (Lipinski definition) is 1. The Morgan fingerprint density at radius 2 is 1.55 bits per heavy atom. The first-order valence-corrected chi connectivity index (χ1v) is 9.62. The number of pyridine rings is 1. The predicted molar refractivity (Wildman–Crippen MR) is 117 cm³/mol. The van der Waals surface area contributed by atoms with Crippen LogP contribution in [0.3, 0.4) is 0 Å². The summed E-state index contributed by atoms with van der Waals surface area (Å²) in [4.78, 5) is 38.0. The molecule has 0 saturated heterocycles. The minimum Gasteiger partial charge on any atom is -0.478 e. The van der Waals surface area contributed by atoms with Crippen molar-refractivity contribution in [1.29, 1.82) is 0 Å². The SMILES string of the molecule is COC(=O)c1c(-c2ccccc2)c2cc(C(=O)O)ccc2c(=O)n1Cc1ccccc1. The Balaban J connectivity index is 2.15. The molecule has 1 heterocycles. The van der Waals surface area contributed by atoms with Crippen molar-refractivity contribution in [2.45, 2.75) is 6.54 Å². The zero-order valence-electron chi connectivity index (χ0n) is 16.7. The highest BCUT2D eigenvalue weighted by Gasteiger charge is 2.24. The van der Waals surface area contributed by atoms with Crippen molar-refractivity contribution >= 4 is 22.7 Å². The highest BCUT2D eigenvalue weighted by atomic mass is 16.5. The van der Waals surface area contributed by atoms with Gasteiger partial charge in [-0.15, -0.1) is 0 Å². The number of nitrogens with zero attached hydrogens (tertiary/aromatic N) is 1. The van der Waals surface area contributed by atoms with E-state index in [1.807, 2.05) is 60.7 Å². The van der Waals surface area contributed by atoms with Crippen LogP contribution >= 0.6 is 0 Å². The van der Waals surface area contributed by atoms with Gasteiger partial charge in [-0.2, -0.15) is 0 Å². The molecule has 0 fully saturated rings. The van der Waals surface area contributed by atoms with Crippen molar-refractivity contribution in [3.8, 4) is 11.1 Å². The average Bonchev–Trinajstić information content (AvgIpc) is 2.81. The summed E-state index contributed by atoms with van der Waals surface area (Å²) >= 11 is 0. The number of carboxylic acid groups (broad SMARTS) is 1. The van der Waals surface area contributed by atoms with Crippen molar-refractivity contribution in [3.63, 3.8) is 0 Å². The van der Waals surface area contributed by atoms with Crippen molar-refractivity contribution in [2.75, 3.05) is 7.11 Å². The standard InChI is InChI=1S/C25H19NO5/c1-31-25(30)22-21(17-10-6-3-7-11-17)20-14-18(24(28)29)12-13-19(20)23(27)26(22)15-16-8-4-2-5-9-16/h2-14H,15H2,1H3,(H,28,29). The monoisotopic (exact) mass is 413 g/mol. The van der Waals surface area contributed by atoms with Crippen LogP contribution in [-0.2, 0) is 11.3 Å². The molecule has 31 heavy (non-hydrogen) atoms. The fraction of sp³-hybridized carbons (Fsp3) is 0.0800. The molecule has 6 nitrogen and oxygen atoms in total. The summed E-state index contributed by atoms with van der Waals surface area (Å²) in [6.07, 6.45) is 0. The molecular weight excluding hydrogens is 394 g/mol. The maximum Gasteiger partial charge on any atom is 0.355 e. The molecule has 4 aromatic rings. The lowest BCUT2D eigenvalue weighted by molar-refractivity contribution is 0.0588. The van der Waals surface area contributed by atoms with E-state index >= 15 is 0 Å². The lowest BCUT2D eigenvalue weighted by Gasteiger charge is -2.19. The highest BCUT2D eigenvalue weighted by Crippen LogP contribution is 2.32. The van der Waals surface area contributed by atoms with Crippen molar-refractivity contribution in [1.82, 2.24) is 4.57 Å². The summed E-state index contributed by atoms with van der Waals surface area (Å²) in [6.45, 7) is 0.167. The van der Waals surface area contributed by atoms with Gasteiger partial charge in [0.05, 0.1) is 19.2 Å². The van der Waals surface area contributed by atoms with Crippen LogP contribution in [0.25, 0.3) is 21.9 Å². The number of esters is 1. The van der Waals surface area contributed by atoms with E-state index in [0.29, 0.717) is 21.9 Å². The summed E-state index contributed by atoms with van der Waals surface area (Å²) < 4.78 is 6.44.